The Bertz CT molecular complexity index is 773. The van der Waals surface area contributed by atoms with E-state index in [0.717, 1.165) is 0 Å². The van der Waals surface area contributed by atoms with Crippen LogP contribution in [0.15, 0.2) is 22.1 Å². The van der Waals surface area contributed by atoms with Crippen molar-refractivity contribution in [3.8, 4) is 0 Å². The first-order valence-electron chi connectivity index (χ1n) is 6.54. The summed E-state index contributed by atoms with van der Waals surface area (Å²) in [5.41, 5.74) is -1.40. The highest BCUT2D eigenvalue weighted by molar-refractivity contribution is 5.72. The van der Waals surface area contributed by atoms with Gasteiger partial charge in [0.05, 0.1) is 0 Å². The van der Waals surface area contributed by atoms with E-state index >= 15 is 0 Å². The van der Waals surface area contributed by atoms with Gasteiger partial charge in [-0.2, -0.15) is 0 Å². The Morgan fingerprint density at radius 1 is 0.950 bits per heavy atom. The Morgan fingerprint density at radius 3 is 2.00 bits per heavy atom. The zero-order chi connectivity index (χ0) is 15.3. The van der Waals surface area contributed by atoms with Gasteiger partial charge in [0, 0.05) is 17.3 Å². The summed E-state index contributed by atoms with van der Waals surface area (Å²) in [6.07, 6.45) is 2.82. The fourth-order valence-electron chi connectivity index (χ4n) is 2.25. The van der Waals surface area contributed by atoms with Gasteiger partial charge in [-0.1, -0.05) is 0 Å². The maximum atomic E-state index is 12.8. The molecule has 0 aliphatic carbocycles. The minimum Gasteiger partial charge on any atom is -0.272 e. The van der Waals surface area contributed by atoms with Gasteiger partial charge in [0.1, 0.15) is 11.7 Å². The van der Waals surface area contributed by atoms with Crippen LogP contribution < -0.4 is 11.2 Å². The van der Waals surface area contributed by atoms with E-state index in [0.29, 0.717) is 11.0 Å². The van der Waals surface area contributed by atoms with Crippen LogP contribution in [0.25, 0.3) is 11.0 Å². The van der Waals surface area contributed by atoms with Crippen molar-refractivity contribution in [3.05, 3.63) is 33.4 Å². The molecular weight excluding hydrogens is 256 g/mol. The molecule has 0 fully saturated rings. The monoisotopic (exact) mass is 276 g/mol. The number of fused-ring (bicyclic) bond motifs is 1. The first kappa shape index (κ1) is 14.4. The Hall–Kier alpha value is -1.98. The van der Waals surface area contributed by atoms with Crippen molar-refractivity contribution in [2.24, 2.45) is 0 Å². The minimum absolute atomic E-state index is 0.346. The van der Waals surface area contributed by atoms with Gasteiger partial charge in [-0.15, -0.1) is 0 Å². The predicted octanol–water partition coefficient (Wildman–Crippen LogP) is 1.46. The van der Waals surface area contributed by atoms with Crippen LogP contribution in [0.5, 0.6) is 0 Å². The highest BCUT2D eigenvalue weighted by atomic mass is 16.2. The number of hydrogen-bond acceptors (Lipinski definition) is 4. The zero-order valence-corrected chi connectivity index (χ0v) is 12.8. The smallest absolute Gasteiger partial charge is 0.272 e. The Kier molecular flexibility index (Phi) is 3.07. The average Bonchev–Trinajstić information content (AvgIpc) is 2.25. The van der Waals surface area contributed by atoms with E-state index in [2.05, 4.69) is 9.97 Å². The summed E-state index contributed by atoms with van der Waals surface area (Å²) in [6.45, 7) is 11.2. The normalized spacial score (nSPS) is 12.9. The molecule has 0 aliphatic heterocycles. The molecule has 108 valence electrons. The lowest BCUT2D eigenvalue weighted by molar-refractivity contribution is 0.320. The van der Waals surface area contributed by atoms with Crippen molar-refractivity contribution in [3.63, 3.8) is 0 Å². The van der Waals surface area contributed by atoms with Crippen molar-refractivity contribution in [2.75, 3.05) is 0 Å². The van der Waals surface area contributed by atoms with E-state index in [-0.39, 0.29) is 11.2 Å². The molecule has 0 saturated carbocycles. The quantitative estimate of drug-likeness (QED) is 0.730. The third-order valence-electron chi connectivity index (χ3n) is 3.06. The topological polar surface area (TPSA) is 69.8 Å². The summed E-state index contributed by atoms with van der Waals surface area (Å²) in [4.78, 5) is 33.3. The summed E-state index contributed by atoms with van der Waals surface area (Å²) >= 11 is 0. The molecule has 2 aromatic rings. The number of aromatic nitrogens is 4. The van der Waals surface area contributed by atoms with Gasteiger partial charge in [-0.3, -0.25) is 13.9 Å². The second-order valence-corrected chi connectivity index (χ2v) is 6.86. The van der Waals surface area contributed by atoms with Crippen molar-refractivity contribution >= 4 is 11.0 Å². The fourth-order valence-corrected chi connectivity index (χ4v) is 2.25. The van der Waals surface area contributed by atoms with Crippen LogP contribution in [0.1, 0.15) is 41.5 Å². The maximum absolute atomic E-state index is 12.8. The first-order chi connectivity index (χ1) is 9.05. The molecule has 2 aromatic heterocycles. The molecule has 0 bridgehead atoms. The van der Waals surface area contributed by atoms with E-state index in [9.17, 15) is 9.59 Å². The van der Waals surface area contributed by atoms with Crippen LogP contribution in [0.4, 0.5) is 0 Å². The van der Waals surface area contributed by atoms with Gasteiger partial charge >= 0.3 is 5.69 Å². The Morgan fingerprint density at radius 2 is 1.50 bits per heavy atom. The lowest BCUT2D eigenvalue weighted by atomic mass is 10.1. The van der Waals surface area contributed by atoms with Gasteiger partial charge < -0.3 is 0 Å². The van der Waals surface area contributed by atoms with Gasteiger partial charge in [-0.25, -0.2) is 14.8 Å². The molecule has 2 heterocycles. The van der Waals surface area contributed by atoms with Gasteiger partial charge in [0.15, 0.2) is 5.65 Å². The first-order valence-corrected chi connectivity index (χ1v) is 6.54. The van der Waals surface area contributed by atoms with Crippen molar-refractivity contribution in [2.45, 2.75) is 52.6 Å². The number of hydrogen-bond donors (Lipinski definition) is 0. The SMILES string of the molecule is CC(C)(C)n1c(=O)c2cncnc2n(C(C)(C)C)c1=O. The van der Waals surface area contributed by atoms with Crippen LogP contribution in [0.3, 0.4) is 0 Å². The number of nitrogens with zero attached hydrogens (tertiary/aromatic N) is 4. The molecule has 0 unspecified atom stereocenters. The van der Waals surface area contributed by atoms with E-state index in [1.165, 1.54) is 17.1 Å². The summed E-state index contributed by atoms with van der Waals surface area (Å²) < 4.78 is 2.82. The van der Waals surface area contributed by atoms with Crippen LogP contribution in [0.2, 0.25) is 0 Å². The average molecular weight is 276 g/mol. The lowest BCUT2D eigenvalue weighted by Crippen LogP contribution is -2.51. The molecular formula is C14H20N4O2. The van der Waals surface area contributed by atoms with E-state index < -0.39 is 11.1 Å². The molecule has 0 spiro atoms. The number of rotatable bonds is 0. The predicted molar refractivity (Wildman–Crippen MR) is 78.1 cm³/mol. The molecule has 0 amide bonds. The summed E-state index contributed by atoms with van der Waals surface area (Å²) in [7, 11) is 0. The van der Waals surface area contributed by atoms with Crippen LogP contribution in [0, 0.1) is 0 Å². The third-order valence-corrected chi connectivity index (χ3v) is 3.06. The lowest BCUT2D eigenvalue weighted by Gasteiger charge is -2.28. The molecule has 6 heteroatoms. The molecule has 2 rings (SSSR count). The molecule has 20 heavy (non-hydrogen) atoms. The van der Waals surface area contributed by atoms with Crippen LogP contribution in [-0.2, 0) is 11.1 Å². The van der Waals surface area contributed by atoms with Crippen molar-refractivity contribution in [1.29, 1.82) is 0 Å². The molecule has 0 aromatic carbocycles. The highest BCUT2D eigenvalue weighted by Crippen LogP contribution is 2.17. The van der Waals surface area contributed by atoms with Crippen molar-refractivity contribution < 1.29 is 0 Å². The highest BCUT2D eigenvalue weighted by Gasteiger charge is 2.27. The molecule has 0 aliphatic rings. The van der Waals surface area contributed by atoms with Crippen molar-refractivity contribution in [1.82, 2.24) is 19.1 Å². The van der Waals surface area contributed by atoms with E-state index in [1.54, 1.807) is 4.57 Å². The summed E-state index contributed by atoms with van der Waals surface area (Å²) in [5, 5.41) is 0.358. The Labute approximate surface area is 117 Å². The van der Waals surface area contributed by atoms with E-state index in [1.807, 2.05) is 41.5 Å². The van der Waals surface area contributed by atoms with Gasteiger partial charge in [0.25, 0.3) is 5.56 Å². The van der Waals surface area contributed by atoms with Crippen LogP contribution in [-0.4, -0.2) is 19.1 Å². The fraction of sp³-hybridized carbons (Fsp3) is 0.571. The summed E-state index contributed by atoms with van der Waals surface area (Å²) in [6, 6.07) is 0. The van der Waals surface area contributed by atoms with Crippen LogP contribution >= 0.6 is 0 Å². The molecule has 0 saturated heterocycles. The maximum Gasteiger partial charge on any atom is 0.333 e. The molecule has 0 atom stereocenters. The standard InChI is InChI=1S/C14H20N4O2/c1-13(2,3)17-10-9(7-15-8-16-10)11(19)18(12(17)20)14(4,5)6/h7-8H,1-6H3. The zero-order valence-electron chi connectivity index (χ0n) is 12.8. The molecule has 0 radical (unpaired) electrons. The molecule has 6 nitrogen and oxygen atoms in total. The minimum atomic E-state index is -0.606. The second-order valence-electron chi connectivity index (χ2n) is 6.86. The van der Waals surface area contributed by atoms with E-state index in [4.69, 9.17) is 0 Å². The molecule has 0 N–H and O–H groups in total. The Balaban J connectivity index is 3.14. The summed E-state index contributed by atoms with van der Waals surface area (Å²) in [5.74, 6) is 0. The third kappa shape index (κ3) is 2.15. The largest absolute Gasteiger partial charge is 0.333 e. The van der Waals surface area contributed by atoms with Gasteiger partial charge in [-0.05, 0) is 41.5 Å². The van der Waals surface area contributed by atoms with Gasteiger partial charge in [0.2, 0.25) is 0 Å². The second kappa shape index (κ2) is 4.26.